The summed E-state index contributed by atoms with van der Waals surface area (Å²) in [6.45, 7) is 4.53. The lowest BCUT2D eigenvalue weighted by Gasteiger charge is -2.31. The summed E-state index contributed by atoms with van der Waals surface area (Å²) >= 11 is 0. The fraction of sp³-hybridized carbons (Fsp3) is 0.348. The first kappa shape index (κ1) is 21.0. The smallest absolute Gasteiger partial charge is 0.249 e. The van der Waals surface area contributed by atoms with E-state index in [-0.39, 0.29) is 0 Å². The number of hydrogen-bond acceptors (Lipinski definition) is 7. The van der Waals surface area contributed by atoms with Crippen LogP contribution in [0.1, 0.15) is 38.4 Å². The fourth-order valence-electron chi connectivity index (χ4n) is 4.10. The van der Waals surface area contributed by atoms with Gasteiger partial charge in [-0.1, -0.05) is 6.07 Å². The lowest BCUT2D eigenvalue weighted by atomic mass is 9.94. The summed E-state index contributed by atoms with van der Waals surface area (Å²) in [4.78, 5) is 21.8. The molecule has 8 heteroatoms. The number of β-amino-alcohol motifs (C(OH)–C–C–N with tert-alkyl or cyclic N) is 1. The van der Waals surface area contributed by atoms with Crippen molar-refractivity contribution >= 4 is 5.91 Å². The number of benzene rings is 1. The number of pyridine rings is 1. The van der Waals surface area contributed by atoms with Gasteiger partial charge in [-0.25, -0.2) is 4.98 Å². The van der Waals surface area contributed by atoms with Crippen LogP contribution in [-0.4, -0.2) is 45.1 Å². The zero-order chi connectivity index (χ0) is 21.8. The molecule has 1 aliphatic heterocycles. The normalized spacial score (nSPS) is 14.8. The van der Waals surface area contributed by atoms with E-state index < -0.39 is 12.0 Å². The molecule has 3 aromatic rings. The fourth-order valence-corrected chi connectivity index (χ4v) is 4.10. The second-order valence-electron chi connectivity index (χ2n) is 7.82. The lowest BCUT2D eigenvalue weighted by Crippen LogP contribution is -2.38. The van der Waals surface area contributed by atoms with Crippen molar-refractivity contribution in [2.45, 2.75) is 39.0 Å². The molecule has 2 aromatic heterocycles. The van der Waals surface area contributed by atoms with E-state index in [9.17, 15) is 9.90 Å². The number of nitrogens with zero attached hydrogens (tertiary/aromatic N) is 3. The number of rotatable bonds is 8. The van der Waals surface area contributed by atoms with Crippen molar-refractivity contribution < 1.29 is 19.1 Å². The van der Waals surface area contributed by atoms with Gasteiger partial charge in [0.05, 0.1) is 12.3 Å². The van der Waals surface area contributed by atoms with Gasteiger partial charge in [-0.3, -0.25) is 14.7 Å². The summed E-state index contributed by atoms with van der Waals surface area (Å²) < 4.78 is 11.1. The average molecular weight is 422 g/mol. The standard InChI is InChI=1S/C23H26N4O4/c1-15-20-5-7-27(12-18(28)8-17-9-25-6-4-21(17)23(24)29)11-16(20)2-3-22(15)30-13-19-10-26-14-31-19/h2-4,6,9-10,14,18,28H,5,7-8,11-13H2,1H3,(H2,24,29)/t18-/m0/s1. The molecule has 1 aliphatic rings. The molecule has 1 amide bonds. The molecule has 0 saturated carbocycles. The van der Waals surface area contributed by atoms with E-state index in [4.69, 9.17) is 14.9 Å². The number of hydrogen-bond donors (Lipinski definition) is 2. The summed E-state index contributed by atoms with van der Waals surface area (Å²) in [6, 6.07) is 5.66. The third kappa shape index (κ3) is 4.92. The van der Waals surface area contributed by atoms with Crippen molar-refractivity contribution in [1.82, 2.24) is 14.9 Å². The molecule has 31 heavy (non-hydrogen) atoms. The Morgan fingerprint density at radius 3 is 2.97 bits per heavy atom. The number of aliphatic hydroxyl groups is 1. The maximum Gasteiger partial charge on any atom is 0.249 e. The van der Waals surface area contributed by atoms with E-state index in [0.717, 1.165) is 30.8 Å². The average Bonchev–Trinajstić information content (AvgIpc) is 3.27. The quantitative estimate of drug-likeness (QED) is 0.571. The topological polar surface area (TPSA) is 115 Å². The molecule has 0 spiro atoms. The predicted molar refractivity (Wildman–Crippen MR) is 113 cm³/mol. The monoisotopic (exact) mass is 422 g/mol. The van der Waals surface area contributed by atoms with E-state index in [2.05, 4.69) is 27.9 Å². The number of oxazole rings is 1. The van der Waals surface area contributed by atoms with Gasteiger partial charge in [-0.05, 0) is 47.7 Å². The number of fused-ring (bicyclic) bond motifs is 1. The van der Waals surface area contributed by atoms with Gasteiger partial charge >= 0.3 is 0 Å². The van der Waals surface area contributed by atoms with Gasteiger partial charge in [-0.2, -0.15) is 0 Å². The van der Waals surface area contributed by atoms with E-state index in [1.165, 1.54) is 23.7 Å². The first-order chi connectivity index (χ1) is 15.0. The van der Waals surface area contributed by atoms with Gasteiger partial charge < -0.3 is 20.0 Å². The van der Waals surface area contributed by atoms with Gasteiger partial charge in [0.1, 0.15) is 12.4 Å². The van der Waals surface area contributed by atoms with E-state index in [1.54, 1.807) is 18.5 Å². The highest BCUT2D eigenvalue weighted by Gasteiger charge is 2.22. The minimum atomic E-state index is -0.616. The summed E-state index contributed by atoms with van der Waals surface area (Å²) in [7, 11) is 0. The molecular formula is C23H26N4O4. The van der Waals surface area contributed by atoms with Crippen molar-refractivity contribution in [3.05, 3.63) is 76.8 Å². The van der Waals surface area contributed by atoms with Crippen LogP contribution in [0.15, 0.2) is 47.6 Å². The minimum Gasteiger partial charge on any atom is -0.485 e. The maximum absolute atomic E-state index is 11.6. The summed E-state index contributed by atoms with van der Waals surface area (Å²) in [5.74, 6) is 1.03. The van der Waals surface area contributed by atoms with Crippen LogP contribution in [-0.2, 0) is 26.0 Å². The Balaban J connectivity index is 1.37. The summed E-state index contributed by atoms with van der Waals surface area (Å²) in [6.07, 6.45) is 6.77. The number of nitrogens with two attached hydrogens (primary N) is 1. The Labute approximate surface area is 180 Å². The summed E-state index contributed by atoms with van der Waals surface area (Å²) in [5, 5.41) is 10.6. The number of carbonyl (C=O) groups is 1. The zero-order valence-corrected chi connectivity index (χ0v) is 17.5. The van der Waals surface area contributed by atoms with Crippen LogP contribution in [0.2, 0.25) is 0 Å². The van der Waals surface area contributed by atoms with Crippen LogP contribution >= 0.6 is 0 Å². The SMILES string of the molecule is Cc1c(OCc2cnco2)ccc2c1CCN(C[C@@H](O)Cc1cnccc1C(N)=O)C2. The highest BCUT2D eigenvalue weighted by atomic mass is 16.5. The highest BCUT2D eigenvalue weighted by Crippen LogP contribution is 2.30. The van der Waals surface area contributed by atoms with Crippen molar-refractivity contribution in [1.29, 1.82) is 0 Å². The first-order valence-electron chi connectivity index (χ1n) is 10.3. The molecule has 4 rings (SSSR count). The lowest BCUT2D eigenvalue weighted by molar-refractivity contribution is 0.0988. The van der Waals surface area contributed by atoms with E-state index >= 15 is 0 Å². The largest absolute Gasteiger partial charge is 0.485 e. The molecule has 0 fully saturated rings. The van der Waals surface area contributed by atoms with Crippen molar-refractivity contribution in [3.63, 3.8) is 0 Å². The highest BCUT2D eigenvalue weighted by molar-refractivity contribution is 5.94. The van der Waals surface area contributed by atoms with Crippen LogP contribution in [0, 0.1) is 6.92 Å². The number of carbonyl (C=O) groups excluding carboxylic acids is 1. The number of aromatic nitrogens is 2. The van der Waals surface area contributed by atoms with E-state index in [1.807, 2.05) is 6.07 Å². The molecule has 1 atom stereocenters. The predicted octanol–water partition coefficient (Wildman–Crippen LogP) is 2.02. The minimum absolute atomic E-state index is 0.336. The van der Waals surface area contributed by atoms with Crippen LogP contribution in [0.5, 0.6) is 5.75 Å². The second kappa shape index (κ2) is 9.28. The van der Waals surface area contributed by atoms with E-state index in [0.29, 0.717) is 36.5 Å². The maximum atomic E-state index is 11.6. The molecule has 3 heterocycles. The van der Waals surface area contributed by atoms with Gasteiger partial charge in [0.25, 0.3) is 0 Å². The van der Waals surface area contributed by atoms with Gasteiger partial charge in [0, 0.05) is 44.0 Å². The third-order valence-corrected chi connectivity index (χ3v) is 5.66. The first-order valence-corrected chi connectivity index (χ1v) is 10.3. The molecule has 162 valence electrons. The second-order valence-corrected chi connectivity index (χ2v) is 7.82. The van der Waals surface area contributed by atoms with Crippen molar-refractivity contribution in [3.8, 4) is 5.75 Å². The molecule has 0 aliphatic carbocycles. The van der Waals surface area contributed by atoms with Crippen molar-refractivity contribution in [2.75, 3.05) is 13.1 Å². The van der Waals surface area contributed by atoms with Gasteiger partial charge in [0.2, 0.25) is 5.91 Å². The Hall–Kier alpha value is -3.23. The van der Waals surface area contributed by atoms with Crippen LogP contribution < -0.4 is 10.5 Å². The number of amides is 1. The molecule has 8 nitrogen and oxygen atoms in total. The Kier molecular flexibility index (Phi) is 6.29. The Bertz CT molecular complexity index is 1050. The van der Waals surface area contributed by atoms with Crippen molar-refractivity contribution in [2.24, 2.45) is 5.73 Å². The molecule has 1 aromatic carbocycles. The zero-order valence-electron chi connectivity index (χ0n) is 17.5. The molecule has 0 unspecified atom stereocenters. The van der Waals surface area contributed by atoms with Gasteiger partial charge in [0.15, 0.2) is 12.2 Å². The Morgan fingerprint density at radius 2 is 2.19 bits per heavy atom. The Morgan fingerprint density at radius 1 is 1.32 bits per heavy atom. The molecular weight excluding hydrogens is 396 g/mol. The number of primary amides is 1. The molecule has 0 saturated heterocycles. The van der Waals surface area contributed by atoms with Gasteiger partial charge in [-0.15, -0.1) is 0 Å². The number of aliphatic hydroxyl groups excluding tert-OH is 1. The summed E-state index contributed by atoms with van der Waals surface area (Å²) in [5.41, 5.74) is 10.2. The van der Waals surface area contributed by atoms with Crippen LogP contribution in [0.25, 0.3) is 0 Å². The molecule has 3 N–H and O–H groups in total. The molecule has 0 bridgehead atoms. The third-order valence-electron chi connectivity index (χ3n) is 5.66. The molecule has 0 radical (unpaired) electrons. The van der Waals surface area contributed by atoms with Crippen LogP contribution in [0.3, 0.4) is 0 Å². The van der Waals surface area contributed by atoms with Crippen LogP contribution in [0.4, 0.5) is 0 Å². The number of ether oxygens (including phenoxy) is 1.